The van der Waals surface area contributed by atoms with Crippen LogP contribution in [0.2, 0.25) is 0 Å². The molecule has 2 amide bonds. The third-order valence-corrected chi connectivity index (χ3v) is 3.91. The van der Waals surface area contributed by atoms with Gasteiger partial charge in [-0.1, -0.05) is 12.1 Å². The predicted octanol–water partition coefficient (Wildman–Crippen LogP) is 3.22. The van der Waals surface area contributed by atoms with Crippen LogP contribution in [0, 0.1) is 5.82 Å². The highest BCUT2D eigenvalue weighted by Gasteiger charge is 2.28. The summed E-state index contributed by atoms with van der Waals surface area (Å²) >= 11 is 0. The molecule has 25 heavy (non-hydrogen) atoms. The Hall–Kier alpha value is -2.89. The Kier molecular flexibility index (Phi) is 4.97. The number of rotatable bonds is 6. The van der Waals surface area contributed by atoms with Crippen LogP contribution < -0.4 is 16.0 Å². The molecular weight excluding hydrogens is 321 g/mol. The molecule has 5 nitrogen and oxygen atoms in total. The van der Waals surface area contributed by atoms with Crippen molar-refractivity contribution in [2.24, 2.45) is 0 Å². The van der Waals surface area contributed by atoms with Crippen LogP contribution in [0.4, 0.5) is 15.8 Å². The summed E-state index contributed by atoms with van der Waals surface area (Å²) in [6.45, 7) is 1.44. The quantitative estimate of drug-likeness (QED) is 0.755. The lowest BCUT2D eigenvalue weighted by Crippen LogP contribution is -2.34. The zero-order chi connectivity index (χ0) is 17.8. The minimum absolute atomic E-state index is 0.139. The van der Waals surface area contributed by atoms with E-state index in [9.17, 15) is 14.0 Å². The van der Waals surface area contributed by atoms with Crippen LogP contribution >= 0.6 is 0 Å². The highest BCUT2D eigenvalue weighted by molar-refractivity contribution is 5.89. The van der Waals surface area contributed by atoms with Crippen LogP contribution in [0.1, 0.15) is 31.4 Å². The van der Waals surface area contributed by atoms with E-state index >= 15 is 0 Å². The van der Waals surface area contributed by atoms with Gasteiger partial charge in [0.25, 0.3) is 0 Å². The molecule has 0 bridgehead atoms. The fraction of sp³-hybridized carbons (Fsp3) is 0.263. The Bertz CT molecular complexity index is 755. The largest absolute Gasteiger partial charge is 0.370 e. The SMILES string of the molecule is CC(=O)Nc1ccc(N[C@H](C(=O)NC2CC2)c2ccc(F)cc2)cc1. The molecule has 3 rings (SSSR count). The first kappa shape index (κ1) is 17.0. The van der Waals surface area contributed by atoms with Gasteiger partial charge in [-0.05, 0) is 54.8 Å². The summed E-state index contributed by atoms with van der Waals surface area (Å²) in [6, 6.07) is 12.6. The number of carbonyl (C=O) groups is 2. The van der Waals surface area contributed by atoms with Gasteiger partial charge in [-0.15, -0.1) is 0 Å². The molecule has 0 unspecified atom stereocenters. The van der Waals surface area contributed by atoms with Crippen molar-refractivity contribution < 1.29 is 14.0 Å². The maximum Gasteiger partial charge on any atom is 0.247 e. The van der Waals surface area contributed by atoms with Crippen molar-refractivity contribution in [2.75, 3.05) is 10.6 Å². The van der Waals surface area contributed by atoms with Crippen molar-refractivity contribution >= 4 is 23.2 Å². The van der Waals surface area contributed by atoms with Crippen molar-refractivity contribution in [1.29, 1.82) is 0 Å². The maximum absolute atomic E-state index is 13.2. The third-order valence-electron chi connectivity index (χ3n) is 3.91. The fourth-order valence-corrected chi connectivity index (χ4v) is 2.49. The van der Waals surface area contributed by atoms with E-state index < -0.39 is 6.04 Å². The first-order valence-electron chi connectivity index (χ1n) is 8.21. The monoisotopic (exact) mass is 341 g/mol. The van der Waals surface area contributed by atoms with Gasteiger partial charge in [-0.2, -0.15) is 0 Å². The van der Waals surface area contributed by atoms with E-state index in [1.54, 1.807) is 36.4 Å². The fourth-order valence-electron chi connectivity index (χ4n) is 2.49. The van der Waals surface area contributed by atoms with E-state index in [4.69, 9.17) is 0 Å². The Labute approximate surface area is 145 Å². The first-order chi connectivity index (χ1) is 12.0. The first-order valence-corrected chi connectivity index (χ1v) is 8.21. The van der Waals surface area contributed by atoms with Crippen LogP contribution in [0.3, 0.4) is 0 Å². The zero-order valence-electron chi connectivity index (χ0n) is 13.9. The molecule has 1 aliphatic rings. The van der Waals surface area contributed by atoms with Gasteiger partial charge in [0.2, 0.25) is 11.8 Å². The lowest BCUT2D eigenvalue weighted by atomic mass is 10.1. The number of amides is 2. The molecule has 0 radical (unpaired) electrons. The number of hydrogen-bond donors (Lipinski definition) is 3. The maximum atomic E-state index is 13.2. The molecule has 1 fully saturated rings. The van der Waals surface area contributed by atoms with Crippen LogP contribution in [0.15, 0.2) is 48.5 Å². The van der Waals surface area contributed by atoms with Gasteiger partial charge in [-0.3, -0.25) is 9.59 Å². The molecule has 1 saturated carbocycles. The highest BCUT2D eigenvalue weighted by atomic mass is 19.1. The second-order valence-electron chi connectivity index (χ2n) is 6.17. The van der Waals surface area contributed by atoms with Gasteiger partial charge >= 0.3 is 0 Å². The molecule has 0 aromatic heterocycles. The summed E-state index contributed by atoms with van der Waals surface area (Å²) in [5.41, 5.74) is 2.10. The van der Waals surface area contributed by atoms with Crippen molar-refractivity contribution in [3.8, 4) is 0 Å². The number of carbonyl (C=O) groups excluding carboxylic acids is 2. The van der Waals surface area contributed by atoms with Gasteiger partial charge in [-0.25, -0.2) is 4.39 Å². The number of hydrogen-bond acceptors (Lipinski definition) is 3. The van der Waals surface area contributed by atoms with Crippen molar-refractivity contribution in [3.05, 3.63) is 59.9 Å². The van der Waals surface area contributed by atoms with Gasteiger partial charge in [0.15, 0.2) is 0 Å². The summed E-state index contributed by atoms with van der Waals surface area (Å²) < 4.78 is 13.2. The number of anilines is 2. The van der Waals surface area contributed by atoms with E-state index in [0.29, 0.717) is 11.3 Å². The van der Waals surface area contributed by atoms with Gasteiger partial charge in [0, 0.05) is 24.3 Å². The van der Waals surface area contributed by atoms with Gasteiger partial charge in [0.1, 0.15) is 11.9 Å². The van der Waals surface area contributed by atoms with Crippen LogP contribution in [-0.4, -0.2) is 17.9 Å². The second kappa shape index (κ2) is 7.34. The lowest BCUT2D eigenvalue weighted by molar-refractivity contribution is -0.122. The number of benzene rings is 2. The van der Waals surface area contributed by atoms with Crippen molar-refractivity contribution in [1.82, 2.24) is 5.32 Å². The van der Waals surface area contributed by atoms with E-state index in [-0.39, 0.29) is 23.7 Å². The summed E-state index contributed by atoms with van der Waals surface area (Å²) in [6.07, 6.45) is 1.99. The van der Waals surface area contributed by atoms with Gasteiger partial charge < -0.3 is 16.0 Å². The molecule has 2 aromatic carbocycles. The smallest absolute Gasteiger partial charge is 0.247 e. The molecule has 0 aliphatic heterocycles. The van der Waals surface area contributed by atoms with E-state index in [2.05, 4.69) is 16.0 Å². The average molecular weight is 341 g/mol. The average Bonchev–Trinajstić information content (AvgIpc) is 3.38. The summed E-state index contributed by atoms with van der Waals surface area (Å²) in [4.78, 5) is 23.6. The standard InChI is InChI=1S/C19H20FN3O2/c1-12(24)21-15-6-8-16(9-7-15)22-18(19(25)23-17-10-11-17)13-2-4-14(20)5-3-13/h2-9,17-18,22H,10-11H2,1H3,(H,21,24)(H,23,25)/t18-/m0/s1. The number of nitrogens with one attached hydrogen (secondary N) is 3. The lowest BCUT2D eigenvalue weighted by Gasteiger charge is -2.20. The highest BCUT2D eigenvalue weighted by Crippen LogP contribution is 2.25. The topological polar surface area (TPSA) is 70.2 Å². The van der Waals surface area contributed by atoms with E-state index in [1.165, 1.54) is 19.1 Å². The zero-order valence-corrected chi connectivity index (χ0v) is 13.9. The molecule has 130 valence electrons. The molecule has 0 spiro atoms. The molecular formula is C19H20FN3O2. The molecule has 0 saturated heterocycles. The number of halogens is 1. The van der Waals surface area contributed by atoms with Crippen molar-refractivity contribution in [2.45, 2.75) is 31.8 Å². The normalized spacial score (nSPS) is 14.5. The summed E-state index contributed by atoms with van der Waals surface area (Å²) in [5.74, 6) is -0.626. The summed E-state index contributed by atoms with van der Waals surface area (Å²) in [5, 5.41) is 8.85. The Morgan fingerprint density at radius 3 is 2.16 bits per heavy atom. The molecule has 1 atom stereocenters. The molecule has 2 aromatic rings. The molecule has 1 aliphatic carbocycles. The minimum Gasteiger partial charge on any atom is -0.370 e. The molecule has 0 heterocycles. The van der Waals surface area contributed by atoms with E-state index in [0.717, 1.165) is 18.5 Å². The third kappa shape index (κ3) is 4.79. The van der Waals surface area contributed by atoms with Crippen LogP contribution in [0.5, 0.6) is 0 Å². The van der Waals surface area contributed by atoms with Crippen LogP contribution in [-0.2, 0) is 9.59 Å². The predicted molar refractivity (Wildman–Crippen MR) is 94.7 cm³/mol. The van der Waals surface area contributed by atoms with Gasteiger partial charge in [0.05, 0.1) is 0 Å². The Morgan fingerprint density at radius 1 is 1.00 bits per heavy atom. The second-order valence-corrected chi connectivity index (χ2v) is 6.17. The summed E-state index contributed by atoms with van der Waals surface area (Å²) in [7, 11) is 0. The Morgan fingerprint density at radius 2 is 1.60 bits per heavy atom. The molecule has 6 heteroatoms. The molecule has 3 N–H and O–H groups in total. The van der Waals surface area contributed by atoms with E-state index in [1.807, 2.05) is 0 Å². The van der Waals surface area contributed by atoms with Crippen LogP contribution in [0.25, 0.3) is 0 Å². The van der Waals surface area contributed by atoms with Crippen molar-refractivity contribution in [3.63, 3.8) is 0 Å². The minimum atomic E-state index is -0.618. The Balaban J connectivity index is 1.77.